The molecule has 2 atom stereocenters. The molecule has 0 aromatic rings. The first-order valence-electron chi connectivity index (χ1n) is 7.77. The molecule has 0 spiro atoms. The van der Waals surface area contributed by atoms with Crippen LogP contribution >= 0.6 is 0 Å². The van der Waals surface area contributed by atoms with E-state index in [2.05, 4.69) is 5.32 Å². The maximum atomic E-state index is 12.7. The van der Waals surface area contributed by atoms with Gasteiger partial charge in [-0.25, -0.2) is 0 Å². The maximum absolute atomic E-state index is 12.7. The third kappa shape index (κ3) is 3.95. The SMILES string of the molecule is CC(=O)NC(C(=O)N1CCCC(C(=O)O)C1)C1CCCC1. The van der Waals surface area contributed by atoms with Gasteiger partial charge in [0.05, 0.1) is 5.92 Å². The van der Waals surface area contributed by atoms with Crippen LogP contribution in [0, 0.1) is 11.8 Å². The highest BCUT2D eigenvalue weighted by molar-refractivity contribution is 5.87. The molecule has 1 aliphatic heterocycles. The van der Waals surface area contributed by atoms with Crippen molar-refractivity contribution in [3.8, 4) is 0 Å². The fourth-order valence-electron chi connectivity index (χ4n) is 3.47. The van der Waals surface area contributed by atoms with E-state index in [1.54, 1.807) is 4.90 Å². The second-order valence-corrected chi connectivity index (χ2v) is 6.18. The fraction of sp³-hybridized carbons (Fsp3) is 0.800. The number of nitrogens with zero attached hydrogens (tertiary/aromatic N) is 1. The van der Waals surface area contributed by atoms with Crippen molar-refractivity contribution >= 4 is 17.8 Å². The van der Waals surface area contributed by atoms with Crippen molar-refractivity contribution in [1.29, 1.82) is 0 Å². The van der Waals surface area contributed by atoms with E-state index in [4.69, 9.17) is 5.11 Å². The van der Waals surface area contributed by atoms with Crippen molar-refractivity contribution in [1.82, 2.24) is 10.2 Å². The number of amides is 2. The molecule has 2 amide bonds. The minimum Gasteiger partial charge on any atom is -0.481 e. The summed E-state index contributed by atoms with van der Waals surface area (Å²) in [6.45, 7) is 2.27. The molecule has 2 unspecified atom stereocenters. The number of carbonyl (C=O) groups is 3. The average molecular weight is 296 g/mol. The zero-order chi connectivity index (χ0) is 15.4. The Bertz CT molecular complexity index is 418. The van der Waals surface area contributed by atoms with E-state index < -0.39 is 17.9 Å². The van der Waals surface area contributed by atoms with Crippen LogP contribution in [0.2, 0.25) is 0 Å². The van der Waals surface area contributed by atoms with E-state index in [-0.39, 0.29) is 24.3 Å². The number of carboxylic acid groups (broad SMARTS) is 1. The van der Waals surface area contributed by atoms with Gasteiger partial charge in [-0.05, 0) is 31.6 Å². The lowest BCUT2D eigenvalue weighted by Crippen LogP contribution is -2.54. The molecule has 0 bridgehead atoms. The zero-order valence-corrected chi connectivity index (χ0v) is 12.5. The van der Waals surface area contributed by atoms with E-state index in [9.17, 15) is 14.4 Å². The number of nitrogens with one attached hydrogen (secondary N) is 1. The molecule has 0 radical (unpaired) electrons. The van der Waals surface area contributed by atoms with Crippen LogP contribution < -0.4 is 5.32 Å². The number of rotatable bonds is 4. The van der Waals surface area contributed by atoms with Crippen LogP contribution in [0.4, 0.5) is 0 Å². The summed E-state index contributed by atoms with van der Waals surface area (Å²) in [6.07, 6.45) is 5.41. The number of carboxylic acids is 1. The van der Waals surface area contributed by atoms with Crippen LogP contribution in [0.15, 0.2) is 0 Å². The van der Waals surface area contributed by atoms with Crippen LogP contribution in [0.1, 0.15) is 45.4 Å². The Morgan fingerprint density at radius 2 is 1.81 bits per heavy atom. The Morgan fingerprint density at radius 1 is 1.14 bits per heavy atom. The maximum Gasteiger partial charge on any atom is 0.308 e. The molecule has 21 heavy (non-hydrogen) atoms. The Kier molecular flexibility index (Phi) is 5.20. The lowest BCUT2D eigenvalue weighted by atomic mass is 9.93. The highest BCUT2D eigenvalue weighted by atomic mass is 16.4. The van der Waals surface area contributed by atoms with Crippen molar-refractivity contribution < 1.29 is 19.5 Å². The molecule has 0 aromatic carbocycles. The lowest BCUT2D eigenvalue weighted by Gasteiger charge is -2.35. The van der Waals surface area contributed by atoms with Crippen LogP contribution in [0.3, 0.4) is 0 Å². The van der Waals surface area contributed by atoms with Crippen molar-refractivity contribution in [2.75, 3.05) is 13.1 Å². The standard InChI is InChI=1S/C15H24N2O4/c1-10(18)16-13(11-5-2-3-6-11)14(19)17-8-4-7-12(9-17)15(20)21/h11-13H,2-9H2,1H3,(H,16,18)(H,20,21). The Hall–Kier alpha value is -1.59. The predicted octanol–water partition coefficient (Wildman–Crippen LogP) is 1.00. The lowest BCUT2D eigenvalue weighted by molar-refractivity contribution is -0.147. The van der Waals surface area contributed by atoms with Gasteiger partial charge in [-0.2, -0.15) is 0 Å². The summed E-state index contributed by atoms with van der Waals surface area (Å²) < 4.78 is 0. The monoisotopic (exact) mass is 296 g/mol. The first kappa shape index (κ1) is 15.8. The van der Waals surface area contributed by atoms with Gasteiger partial charge in [0.1, 0.15) is 6.04 Å². The molecule has 6 nitrogen and oxygen atoms in total. The summed E-state index contributed by atoms with van der Waals surface area (Å²) in [4.78, 5) is 36.8. The largest absolute Gasteiger partial charge is 0.481 e. The van der Waals surface area contributed by atoms with Gasteiger partial charge in [0.25, 0.3) is 0 Å². The quantitative estimate of drug-likeness (QED) is 0.810. The van der Waals surface area contributed by atoms with Gasteiger partial charge in [-0.1, -0.05) is 12.8 Å². The summed E-state index contributed by atoms with van der Waals surface area (Å²) in [5.74, 6) is -1.45. The Labute approximate surface area is 124 Å². The zero-order valence-electron chi connectivity index (χ0n) is 12.5. The smallest absolute Gasteiger partial charge is 0.308 e. The van der Waals surface area contributed by atoms with E-state index in [0.29, 0.717) is 19.4 Å². The molecule has 1 heterocycles. The van der Waals surface area contributed by atoms with E-state index in [1.807, 2.05) is 0 Å². The van der Waals surface area contributed by atoms with Crippen molar-refractivity contribution in [3.05, 3.63) is 0 Å². The topological polar surface area (TPSA) is 86.7 Å². The molecule has 2 fully saturated rings. The van der Waals surface area contributed by atoms with Gasteiger partial charge in [0.2, 0.25) is 11.8 Å². The highest BCUT2D eigenvalue weighted by Gasteiger charge is 2.36. The molecule has 1 aliphatic carbocycles. The summed E-state index contributed by atoms with van der Waals surface area (Å²) in [5.41, 5.74) is 0. The molecule has 2 rings (SSSR count). The molecule has 1 saturated heterocycles. The van der Waals surface area contributed by atoms with E-state index in [1.165, 1.54) is 6.92 Å². The van der Waals surface area contributed by atoms with Gasteiger partial charge in [0.15, 0.2) is 0 Å². The van der Waals surface area contributed by atoms with Gasteiger partial charge in [-0.3, -0.25) is 14.4 Å². The summed E-state index contributed by atoms with van der Waals surface area (Å²) >= 11 is 0. The third-order valence-corrected chi connectivity index (χ3v) is 4.58. The first-order valence-corrected chi connectivity index (χ1v) is 7.77. The van der Waals surface area contributed by atoms with Crippen molar-refractivity contribution in [2.45, 2.75) is 51.5 Å². The predicted molar refractivity (Wildman–Crippen MR) is 76.5 cm³/mol. The molecule has 0 aromatic heterocycles. The molecule has 2 aliphatic rings. The second-order valence-electron chi connectivity index (χ2n) is 6.18. The second kappa shape index (κ2) is 6.91. The number of piperidine rings is 1. The number of hydrogen-bond acceptors (Lipinski definition) is 3. The van der Waals surface area contributed by atoms with E-state index >= 15 is 0 Å². The molecular formula is C15H24N2O4. The van der Waals surface area contributed by atoms with Crippen LogP contribution in [-0.4, -0.2) is 46.9 Å². The Morgan fingerprint density at radius 3 is 2.38 bits per heavy atom. The van der Waals surface area contributed by atoms with Crippen LogP contribution in [0.25, 0.3) is 0 Å². The summed E-state index contributed by atoms with van der Waals surface area (Å²) in [5, 5.41) is 11.9. The molecule has 6 heteroatoms. The minimum atomic E-state index is -0.843. The molecule has 118 valence electrons. The van der Waals surface area contributed by atoms with Crippen molar-refractivity contribution in [2.24, 2.45) is 11.8 Å². The number of hydrogen-bond donors (Lipinski definition) is 2. The summed E-state index contributed by atoms with van der Waals surface area (Å²) in [6, 6.07) is -0.488. The van der Waals surface area contributed by atoms with Gasteiger partial charge in [0, 0.05) is 20.0 Å². The number of carbonyl (C=O) groups excluding carboxylic acids is 2. The summed E-state index contributed by atoms with van der Waals surface area (Å²) in [7, 11) is 0. The minimum absolute atomic E-state index is 0.108. The number of aliphatic carboxylic acids is 1. The fourth-order valence-corrected chi connectivity index (χ4v) is 3.47. The Balaban J connectivity index is 2.05. The number of likely N-dealkylation sites (tertiary alicyclic amines) is 1. The van der Waals surface area contributed by atoms with Crippen LogP contribution in [-0.2, 0) is 14.4 Å². The molecule has 2 N–H and O–H groups in total. The average Bonchev–Trinajstić information content (AvgIpc) is 2.98. The normalized spacial score (nSPS) is 24.6. The highest BCUT2D eigenvalue weighted by Crippen LogP contribution is 2.29. The third-order valence-electron chi connectivity index (χ3n) is 4.58. The first-order chi connectivity index (χ1) is 9.99. The molecule has 1 saturated carbocycles. The van der Waals surface area contributed by atoms with E-state index in [0.717, 1.165) is 25.7 Å². The van der Waals surface area contributed by atoms with Gasteiger partial charge >= 0.3 is 5.97 Å². The van der Waals surface area contributed by atoms with Crippen molar-refractivity contribution in [3.63, 3.8) is 0 Å². The van der Waals surface area contributed by atoms with Gasteiger partial charge in [-0.15, -0.1) is 0 Å². The molecular weight excluding hydrogens is 272 g/mol. The van der Waals surface area contributed by atoms with Gasteiger partial charge < -0.3 is 15.3 Å². The van der Waals surface area contributed by atoms with Crippen LogP contribution in [0.5, 0.6) is 0 Å².